The molecule has 0 spiro atoms. The zero-order valence-electron chi connectivity index (χ0n) is 24.0. The van der Waals surface area contributed by atoms with E-state index in [1.807, 2.05) is 6.92 Å². The lowest BCUT2D eigenvalue weighted by molar-refractivity contribution is -0.123. The molecule has 4 aromatic rings. The number of esters is 1. The van der Waals surface area contributed by atoms with Crippen LogP contribution in [0.4, 0.5) is 5.69 Å². The Kier molecular flexibility index (Phi) is 6.81. The zero-order chi connectivity index (χ0) is 30.7. The number of ketones is 1. The molecule has 1 saturated carbocycles. The summed E-state index contributed by atoms with van der Waals surface area (Å²) in [5.41, 5.74) is 3.94. The van der Waals surface area contributed by atoms with E-state index in [1.54, 1.807) is 72.8 Å². The summed E-state index contributed by atoms with van der Waals surface area (Å²) >= 11 is 6.25. The highest BCUT2D eigenvalue weighted by Crippen LogP contribution is 2.56. The van der Waals surface area contributed by atoms with Gasteiger partial charge < -0.3 is 9.47 Å². The highest BCUT2D eigenvalue weighted by Gasteiger charge is 2.60. The number of Topliss-reactive ketones (excluding diaryl/α,β-unsaturated/α-hetero) is 1. The molecule has 3 aromatic carbocycles. The van der Waals surface area contributed by atoms with Gasteiger partial charge in [-0.25, -0.2) is 9.78 Å². The molecule has 7 rings (SSSR count). The number of pyridine rings is 1. The Hall–Kier alpha value is -4.82. The van der Waals surface area contributed by atoms with Gasteiger partial charge in [-0.05, 0) is 73.7 Å². The SMILES string of the molecule is COc1cccc(C(=O)COC(=O)c2cc(-c3ccc(N4C(=O)C5C6C=C(C)C(C6)C5C4=O)cc3)nc3ccc(Cl)cc23)c1. The maximum atomic E-state index is 13.4. The molecule has 1 aromatic heterocycles. The van der Waals surface area contributed by atoms with Crippen molar-refractivity contribution in [2.75, 3.05) is 18.6 Å². The molecule has 0 N–H and O–H groups in total. The Morgan fingerprint density at radius 2 is 1.75 bits per heavy atom. The number of aromatic nitrogens is 1. The normalized spacial score (nSPS) is 21.9. The van der Waals surface area contributed by atoms with Crippen LogP contribution in [0.1, 0.15) is 34.1 Å². The van der Waals surface area contributed by atoms with Crippen LogP contribution in [0.25, 0.3) is 22.2 Å². The van der Waals surface area contributed by atoms with Gasteiger partial charge in [-0.3, -0.25) is 19.3 Å². The maximum absolute atomic E-state index is 13.4. The first-order valence-corrected chi connectivity index (χ1v) is 14.7. The highest BCUT2D eigenvalue weighted by molar-refractivity contribution is 6.31. The number of fused-ring (bicyclic) bond motifs is 6. The number of ether oxygens (including phenoxy) is 2. The molecule has 1 aliphatic heterocycles. The molecule has 2 aliphatic carbocycles. The molecule has 1 saturated heterocycles. The number of methoxy groups -OCH3 is 1. The van der Waals surface area contributed by atoms with E-state index in [4.69, 9.17) is 26.1 Å². The molecule has 8 nitrogen and oxygen atoms in total. The molecule has 220 valence electrons. The van der Waals surface area contributed by atoms with Gasteiger partial charge in [-0.15, -0.1) is 0 Å². The van der Waals surface area contributed by atoms with Crippen LogP contribution in [0, 0.1) is 23.7 Å². The third-order valence-electron chi connectivity index (χ3n) is 9.02. The summed E-state index contributed by atoms with van der Waals surface area (Å²) in [6, 6.07) is 20.2. The molecule has 44 heavy (non-hydrogen) atoms. The minimum absolute atomic E-state index is 0.130. The van der Waals surface area contributed by atoms with Crippen molar-refractivity contribution in [1.82, 2.24) is 4.98 Å². The quantitative estimate of drug-likeness (QED) is 0.105. The number of nitrogens with zero attached hydrogens (tertiary/aromatic N) is 2. The maximum Gasteiger partial charge on any atom is 0.339 e. The number of allylic oxidation sites excluding steroid dienone is 2. The van der Waals surface area contributed by atoms with Crippen molar-refractivity contribution < 1.29 is 28.7 Å². The first-order valence-electron chi connectivity index (χ1n) is 14.3. The van der Waals surface area contributed by atoms with Crippen molar-refractivity contribution in [1.29, 1.82) is 0 Å². The average Bonchev–Trinajstić information content (AvgIpc) is 3.68. The largest absolute Gasteiger partial charge is 0.497 e. The summed E-state index contributed by atoms with van der Waals surface area (Å²) in [7, 11) is 1.51. The molecule has 2 heterocycles. The molecule has 9 heteroatoms. The van der Waals surface area contributed by atoms with Crippen LogP contribution in [0.2, 0.25) is 5.02 Å². The van der Waals surface area contributed by atoms with Gasteiger partial charge in [-0.1, -0.05) is 47.5 Å². The van der Waals surface area contributed by atoms with Crippen LogP contribution in [-0.2, 0) is 14.3 Å². The molecular weight excluding hydrogens is 580 g/mol. The Bertz CT molecular complexity index is 1920. The van der Waals surface area contributed by atoms with Gasteiger partial charge in [0.1, 0.15) is 5.75 Å². The van der Waals surface area contributed by atoms with Gasteiger partial charge in [0.05, 0.1) is 41.4 Å². The van der Waals surface area contributed by atoms with Crippen molar-refractivity contribution in [3.63, 3.8) is 0 Å². The molecule has 3 aliphatic rings. The van der Waals surface area contributed by atoms with Crippen LogP contribution >= 0.6 is 11.6 Å². The van der Waals surface area contributed by atoms with E-state index in [-0.39, 0.29) is 46.8 Å². The summed E-state index contributed by atoms with van der Waals surface area (Å²) in [5, 5.41) is 0.900. The molecular formula is C35H27ClN2O6. The lowest BCUT2D eigenvalue weighted by atomic mass is 9.82. The second-order valence-corrected chi connectivity index (χ2v) is 11.9. The summed E-state index contributed by atoms with van der Waals surface area (Å²) in [4.78, 5) is 58.9. The lowest BCUT2D eigenvalue weighted by Crippen LogP contribution is -2.32. The first kappa shape index (κ1) is 28.0. The van der Waals surface area contributed by atoms with Gasteiger partial charge in [0.25, 0.3) is 0 Å². The second-order valence-electron chi connectivity index (χ2n) is 11.5. The number of carbonyl (C=O) groups excluding carboxylic acids is 4. The number of anilines is 1. The standard InChI is InChI=1S/C35H27ClN2O6/c1-18-12-21-14-25(18)32-31(21)33(40)38(34(32)41)23-9-6-19(7-10-23)29-16-27(26-15-22(36)8-11-28(26)37-29)35(42)44-17-30(39)20-4-3-5-24(13-20)43-2/h3-13,15-16,21,25,31-32H,14,17H2,1-2H3. The molecule has 2 bridgehead atoms. The van der Waals surface area contributed by atoms with E-state index in [9.17, 15) is 19.2 Å². The fourth-order valence-corrected chi connectivity index (χ4v) is 7.09. The van der Waals surface area contributed by atoms with Crippen molar-refractivity contribution >= 4 is 51.8 Å². The molecule has 4 unspecified atom stereocenters. The van der Waals surface area contributed by atoms with Gasteiger partial charge in [0.2, 0.25) is 11.8 Å². The number of rotatable bonds is 7. The van der Waals surface area contributed by atoms with Crippen molar-refractivity contribution in [3.05, 3.63) is 101 Å². The number of amides is 2. The fourth-order valence-electron chi connectivity index (χ4n) is 6.91. The molecule has 4 atom stereocenters. The minimum Gasteiger partial charge on any atom is -0.497 e. The third-order valence-corrected chi connectivity index (χ3v) is 9.25. The molecule has 2 fully saturated rings. The van der Waals surface area contributed by atoms with E-state index in [0.29, 0.717) is 44.2 Å². The number of benzene rings is 3. The smallest absolute Gasteiger partial charge is 0.339 e. The number of halogens is 1. The number of carbonyl (C=O) groups is 4. The summed E-state index contributed by atoms with van der Waals surface area (Å²) in [6.45, 7) is 1.58. The summed E-state index contributed by atoms with van der Waals surface area (Å²) in [5.74, 6) is -1.13. The van der Waals surface area contributed by atoms with E-state index in [0.717, 1.165) is 6.42 Å². The van der Waals surface area contributed by atoms with Gasteiger partial charge in [0, 0.05) is 21.5 Å². The Labute approximate surface area is 258 Å². The third kappa shape index (κ3) is 4.57. The predicted molar refractivity (Wildman–Crippen MR) is 165 cm³/mol. The first-order chi connectivity index (χ1) is 21.2. The van der Waals surface area contributed by atoms with Gasteiger partial charge in [0.15, 0.2) is 12.4 Å². The van der Waals surface area contributed by atoms with Crippen LogP contribution in [-0.4, -0.2) is 42.3 Å². The van der Waals surface area contributed by atoms with Gasteiger partial charge >= 0.3 is 5.97 Å². The Balaban J connectivity index is 1.15. The molecule has 2 amide bonds. The van der Waals surface area contributed by atoms with Crippen LogP contribution in [0.15, 0.2) is 84.4 Å². The summed E-state index contributed by atoms with van der Waals surface area (Å²) < 4.78 is 10.6. The van der Waals surface area contributed by atoms with Crippen LogP contribution in [0.5, 0.6) is 5.75 Å². The van der Waals surface area contributed by atoms with E-state index >= 15 is 0 Å². The van der Waals surface area contributed by atoms with E-state index < -0.39 is 12.6 Å². The van der Waals surface area contributed by atoms with E-state index in [2.05, 4.69) is 6.08 Å². The van der Waals surface area contributed by atoms with E-state index in [1.165, 1.54) is 17.6 Å². The Morgan fingerprint density at radius 1 is 0.977 bits per heavy atom. The average molecular weight is 607 g/mol. The van der Waals surface area contributed by atoms with Gasteiger partial charge in [-0.2, -0.15) is 0 Å². The molecule has 0 radical (unpaired) electrons. The van der Waals surface area contributed by atoms with Crippen molar-refractivity contribution in [2.24, 2.45) is 23.7 Å². The lowest BCUT2D eigenvalue weighted by Gasteiger charge is -2.19. The predicted octanol–water partition coefficient (Wildman–Crippen LogP) is 6.31. The Morgan fingerprint density at radius 3 is 2.52 bits per heavy atom. The highest BCUT2D eigenvalue weighted by atomic mass is 35.5. The monoisotopic (exact) mass is 606 g/mol. The number of hydrogen-bond donors (Lipinski definition) is 0. The van der Waals surface area contributed by atoms with Crippen molar-refractivity contribution in [3.8, 4) is 17.0 Å². The number of imide groups is 1. The topological polar surface area (TPSA) is 103 Å². The minimum atomic E-state index is -0.702. The van der Waals surface area contributed by atoms with Crippen LogP contribution < -0.4 is 9.64 Å². The second kappa shape index (κ2) is 10.7. The van der Waals surface area contributed by atoms with Crippen LogP contribution in [0.3, 0.4) is 0 Å². The van der Waals surface area contributed by atoms with Crippen molar-refractivity contribution in [2.45, 2.75) is 13.3 Å². The zero-order valence-corrected chi connectivity index (χ0v) is 24.7. The fraction of sp³-hybridized carbons (Fsp3) is 0.229. The number of hydrogen-bond acceptors (Lipinski definition) is 7. The summed E-state index contributed by atoms with van der Waals surface area (Å²) in [6.07, 6.45) is 3.03.